The van der Waals surface area contributed by atoms with E-state index in [1.807, 2.05) is 0 Å². The molecule has 3 rings (SSSR count). The number of hydrogen-bond acceptors (Lipinski definition) is 6. The van der Waals surface area contributed by atoms with Crippen LogP contribution in [0.15, 0.2) is 88.9 Å². The highest BCUT2D eigenvalue weighted by atomic mass is 32.2. The quantitative estimate of drug-likeness (QED) is 0.537. The number of hydrogen-bond donors (Lipinski definition) is 1. The third-order valence-corrected chi connectivity index (χ3v) is 8.79. The Morgan fingerprint density at radius 3 is 2.12 bits per heavy atom. The zero-order valence-electron chi connectivity index (χ0n) is 17.5. The number of nitrogens with one attached hydrogen (secondary N) is 1. The van der Waals surface area contributed by atoms with Crippen LogP contribution in [0, 0.1) is 0 Å². The maximum Gasteiger partial charge on any atom is 0.251 e. The molecule has 0 aliphatic carbocycles. The minimum atomic E-state index is -3.81. The van der Waals surface area contributed by atoms with Crippen molar-refractivity contribution in [2.24, 2.45) is 0 Å². The van der Waals surface area contributed by atoms with Crippen molar-refractivity contribution in [1.82, 2.24) is 14.6 Å². The highest BCUT2D eigenvalue weighted by molar-refractivity contribution is 7.91. The Balaban J connectivity index is 1.83. The van der Waals surface area contributed by atoms with Gasteiger partial charge in [0.05, 0.1) is 9.79 Å². The molecule has 0 aliphatic heterocycles. The number of sulfonamides is 1. The normalized spacial score (nSPS) is 13.0. The van der Waals surface area contributed by atoms with Gasteiger partial charge in [-0.05, 0) is 48.0 Å². The second kappa shape index (κ2) is 9.60. The van der Waals surface area contributed by atoms with E-state index in [-0.39, 0.29) is 21.9 Å². The number of aromatic nitrogens is 1. The Morgan fingerprint density at radius 1 is 0.906 bits per heavy atom. The second-order valence-electron chi connectivity index (χ2n) is 7.15. The molecule has 0 aliphatic rings. The molecule has 1 amide bonds. The van der Waals surface area contributed by atoms with Crippen molar-refractivity contribution < 1.29 is 21.6 Å². The SMILES string of the molecule is CN(C)S(=O)(=O)c1ccc(C(=O)NC[C@H](c2cccnc2)S(=O)(=O)c2ccccc2)cc1. The smallest absolute Gasteiger partial charge is 0.251 e. The molecular formula is C22H23N3O5S2. The first kappa shape index (κ1) is 23.6. The molecule has 1 heterocycles. The summed E-state index contributed by atoms with van der Waals surface area (Å²) in [5, 5.41) is 1.60. The van der Waals surface area contributed by atoms with E-state index in [9.17, 15) is 21.6 Å². The highest BCUT2D eigenvalue weighted by Gasteiger charge is 2.30. The van der Waals surface area contributed by atoms with Gasteiger partial charge in [-0.3, -0.25) is 9.78 Å². The molecule has 1 aromatic heterocycles. The first-order valence-corrected chi connectivity index (χ1v) is 12.6. The zero-order valence-corrected chi connectivity index (χ0v) is 19.2. The Hall–Kier alpha value is -3.08. The number of pyridine rings is 1. The van der Waals surface area contributed by atoms with Crippen molar-refractivity contribution in [3.63, 3.8) is 0 Å². The predicted molar refractivity (Wildman–Crippen MR) is 120 cm³/mol. The summed E-state index contributed by atoms with van der Waals surface area (Å²) in [6, 6.07) is 16.7. The first-order chi connectivity index (χ1) is 15.1. The van der Waals surface area contributed by atoms with Gasteiger partial charge in [0.15, 0.2) is 9.84 Å². The fourth-order valence-electron chi connectivity index (χ4n) is 3.02. The lowest BCUT2D eigenvalue weighted by molar-refractivity contribution is 0.0953. The first-order valence-electron chi connectivity index (χ1n) is 9.63. The van der Waals surface area contributed by atoms with Gasteiger partial charge in [-0.2, -0.15) is 0 Å². The number of rotatable bonds is 8. The van der Waals surface area contributed by atoms with Crippen molar-refractivity contribution in [2.45, 2.75) is 15.0 Å². The molecule has 2 aromatic carbocycles. The topological polar surface area (TPSA) is 114 Å². The van der Waals surface area contributed by atoms with E-state index >= 15 is 0 Å². The van der Waals surface area contributed by atoms with Gasteiger partial charge in [0.25, 0.3) is 5.91 Å². The van der Waals surface area contributed by atoms with Gasteiger partial charge in [0.2, 0.25) is 10.0 Å². The van der Waals surface area contributed by atoms with Crippen LogP contribution in [-0.4, -0.2) is 52.7 Å². The Morgan fingerprint density at radius 2 is 1.56 bits per heavy atom. The summed E-state index contributed by atoms with van der Waals surface area (Å²) in [4.78, 5) is 16.9. The highest BCUT2D eigenvalue weighted by Crippen LogP contribution is 2.28. The van der Waals surface area contributed by atoms with Gasteiger partial charge in [0, 0.05) is 38.6 Å². The maximum absolute atomic E-state index is 13.3. The zero-order chi connectivity index (χ0) is 23.4. The molecule has 32 heavy (non-hydrogen) atoms. The average molecular weight is 474 g/mol. The lowest BCUT2D eigenvalue weighted by Crippen LogP contribution is -2.32. The van der Waals surface area contributed by atoms with Gasteiger partial charge in [-0.1, -0.05) is 24.3 Å². The van der Waals surface area contributed by atoms with Crippen LogP contribution in [0.25, 0.3) is 0 Å². The molecule has 1 atom stereocenters. The maximum atomic E-state index is 13.3. The van der Waals surface area contributed by atoms with Gasteiger partial charge in [-0.15, -0.1) is 0 Å². The van der Waals surface area contributed by atoms with E-state index in [0.29, 0.717) is 5.56 Å². The lowest BCUT2D eigenvalue weighted by Gasteiger charge is -2.19. The molecular weight excluding hydrogens is 450 g/mol. The minimum absolute atomic E-state index is 0.0546. The number of benzene rings is 2. The third-order valence-electron chi connectivity index (χ3n) is 4.85. The Bertz CT molecular complexity index is 1280. The largest absolute Gasteiger partial charge is 0.350 e. The molecule has 8 nitrogen and oxygen atoms in total. The van der Waals surface area contributed by atoms with Crippen LogP contribution < -0.4 is 5.32 Å². The molecule has 168 valence electrons. The molecule has 0 saturated carbocycles. The van der Waals surface area contributed by atoms with Crippen LogP contribution in [0.5, 0.6) is 0 Å². The summed E-state index contributed by atoms with van der Waals surface area (Å²) >= 11 is 0. The molecule has 0 bridgehead atoms. The molecule has 0 saturated heterocycles. The summed E-state index contributed by atoms with van der Waals surface area (Å²) < 4.78 is 51.9. The number of amides is 1. The van der Waals surface area contributed by atoms with Crippen LogP contribution >= 0.6 is 0 Å². The minimum Gasteiger partial charge on any atom is -0.350 e. The van der Waals surface area contributed by atoms with Gasteiger partial charge in [0.1, 0.15) is 5.25 Å². The van der Waals surface area contributed by atoms with Crippen molar-refractivity contribution in [2.75, 3.05) is 20.6 Å². The number of carbonyl (C=O) groups is 1. The van der Waals surface area contributed by atoms with Crippen LogP contribution in [0.2, 0.25) is 0 Å². The second-order valence-corrected chi connectivity index (χ2v) is 11.4. The van der Waals surface area contributed by atoms with E-state index in [1.54, 1.807) is 30.3 Å². The van der Waals surface area contributed by atoms with Crippen molar-refractivity contribution in [3.8, 4) is 0 Å². The number of carbonyl (C=O) groups excluding carboxylic acids is 1. The summed E-state index contributed by atoms with van der Waals surface area (Å²) in [5.41, 5.74) is 0.661. The Labute approximate surface area is 187 Å². The predicted octanol–water partition coefficient (Wildman–Crippen LogP) is 2.28. The fraction of sp³-hybridized carbons (Fsp3) is 0.182. The van der Waals surface area contributed by atoms with Crippen molar-refractivity contribution in [3.05, 3.63) is 90.3 Å². The molecule has 0 spiro atoms. The van der Waals surface area contributed by atoms with E-state index in [1.165, 1.54) is 62.9 Å². The van der Waals surface area contributed by atoms with Gasteiger partial charge >= 0.3 is 0 Å². The van der Waals surface area contributed by atoms with E-state index in [0.717, 1.165) is 4.31 Å². The molecule has 1 N–H and O–H groups in total. The Kier molecular flexibility index (Phi) is 7.07. The summed E-state index contributed by atoms with van der Waals surface area (Å²) in [6.07, 6.45) is 3.00. The molecule has 0 fully saturated rings. The van der Waals surface area contributed by atoms with E-state index in [2.05, 4.69) is 10.3 Å². The number of sulfone groups is 1. The van der Waals surface area contributed by atoms with Gasteiger partial charge in [-0.25, -0.2) is 21.1 Å². The number of nitrogens with zero attached hydrogens (tertiary/aromatic N) is 2. The molecule has 0 unspecified atom stereocenters. The molecule has 3 aromatic rings. The van der Waals surface area contributed by atoms with Crippen molar-refractivity contribution >= 4 is 25.8 Å². The molecule has 0 radical (unpaired) electrons. The van der Waals surface area contributed by atoms with Crippen LogP contribution in [0.1, 0.15) is 21.2 Å². The van der Waals surface area contributed by atoms with Crippen LogP contribution in [0.4, 0.5) is 0 Å². The summed E-state index contributed by atoms with van der Waals surface area (Å²) in [7, 11) is -4.59. The fourth-order valence-corrected chi connectivity index (χ4v) is 5.59. The summed E-state index contributed by atoms with van der Waals surface area (Å²) in [6.45, 7) is -0.181. The van der Waals surface area contributed by atoms with Crippen LogP contribution in [-0.2, 0) is 19.9 Å². The summed E-state index contributed by atoms with van der Waals surface area (Å²) in [5.74, 6) is -0.518. The van der Waals surface area contributed by atoms with E-state index in [4.69, 9.17) is 0 Å². The lowest BCUT2D eigenvalue weighted by atomic mass is 10.2. The standard InChI is InChI=1S/C22H23N3O5S2/c1-25(2)32(29,30)20-12-10-17(11-13-20)22(26)24-16-21(18-7-6-14-23-15-18)31(27,28)19-8-4-3-5-9-19/h3-15,21H,16H2,1-2H3,(H,24,26)/t21-/m1/s1. The molecule has 10 heteroatoms. The third kappa shape index (κ3) is 5.04. The van der Waals surface area contributed by atoms with E-state index < -0.39 is 31.0 Å². The van der Waals surface area contributed by atoms with Gasteiger partial charge < -0.3 is 5.32 Å². The monoisotopic (exact) mass is 473 g/mol. The van der Waals surface area contributed by atoms with Crippen molar-refractivity contribution in [1.29, 1.82) is 0 Å². The van der Waals surface area contributed by atoms with Crippen LogP contribution in [0.3, 0.4) is 0 Å². The average Bonchev–Trinajstić information content (AvgIpc) is 2.80.